The van der Waals surface area contributed by atoms with Crippen molar-refractivity contribution < 1.29 is 9.53 Å². The van der Waals surface area contributed by atoms with Crippen LogP contribution in [0.2, 0.25) is 0 Å². The Labute approximate surface area is 169 Å². The molecule has 0 radical (unpaired) electrons. The topological polar surface area (TPSA) is 111 Å². The molecule has 1 aliphatic rings. The van der Waals surface area contributed by atoms with E-state index >= 15 is 0 Å². The number of ether oxygens (including phenoxy) is 1. The average Bonchev–Trinajstić information content (AvgIpc) is 2.73. The van der Waals surface area contributed by atoms with Gasteiger partial charge in [0.05, 0.1) is 13.2 Å². The molecule has 8 nitrogen and oxygen atoms in total. The fourth-order valence-electron chi connectivity index (χ4n) is 3.45. The van der Waals surface area contributed by atoms with Gasteiger partial charge in [-0.3, -0.25) is 9.59 Å². The maximum atomic E-state index is 12.3. The zero-order chi connectivity index (χ0) is 20.8. The molecule has 2 aromatic rings. The minimum atomic E-state index is -0.385. The van der Waals surface area contributed by atoms with Gasteiger partial charge in [0.25, 0.3) is 5.56 Å². The van der Waals surface area contributed by atoms with E-state index < -0.39 is 0 Å². The Balaban J connectivity index is 1.53. The van der Waals surface area contributed by atoms with Crippen molar-refractivity contribution in [3.63, 3.8) is 0 Å². The third-order valence-electron chi connectivity index (χ3n) is 5.16. The Bertz CT molecular complexity index is 970. The van der Waals surface area contributed by atoms with Crippen molar-refractivity contribution >= 4 is 11.7 Å². The molecule has 29 heavy (non-hydrogen) atoms. The van der Waals surface area contributed by atoms with E-state index in [-0.39, 0.29) is 23.5 Å². The lowest BCUT2D eigenvalue weighted by atomic mass is 9.99. The number of hydrogen-bond donors (Lipinski definition) is 2. The first kappa shape index (κ1) is 20.6. The molecule has 0 bridgehead atoms. The molecule has 8 heteroatoms. The zero-order valence-electron chi connectivity index (χ0n) is 16.7. The van der Waals surface area contributed by atoms with Crippen molar-refractivity contribution in [2.45, 2.75) is 33.2 Å². The number of aromatic amines is 1. The lowest BCUT2D eigenvalue weighted by molar-refractivity contribution is -0.121. The lowest BCUT2D eigenvalue weighted by Gasteiger charge is -2.27. The number of rotatable bonds is 6. The number of carbonyl (C=O) groups is 1. The number of pyridine rings is 2. The van der Waals surface area contributed by atoms with Crippen LogP contribution in [0.25, 0.3) is 0 Å². The first-order valence-corrected chi connectivity index (χ1v) is 9.66. The number of anilines is 1. The highest BCUT2D eigenvalue weighted by Crippen LogP contribution is 2.15. The number of H-pyrrole nitrogens is 1. The molecule has 2 aromatic heterocycles. The van der Waals surface area contributed by atoms with Crippen LogP contribution in [0.15, 0.2) is 23.1 Å². The number of aromatic nitrogens is 2. The Kier molecular flexibility index (Phi) is 6.62. The molecule has 0 aliphatic carbocycles. The third-order valence-corrected chi connectivity index (χ3v) is 5.16. The van der Waals surface area contributed by atoms with Crippen molar-refractivity contribution in [2.24, 2.45) is 0 Å². The molecule has 1 aliphatic heterocycles. The van der Waals surface area contributed by atoms with E-state index in [4.69, 9.17) is 10.00 Å². The number of nitrogens with zero attached hydrogens (tertiary/aromatic N) is 3. The molecule has 0 spiro atoms. The third kappa shape index (κ3) is 5.00. The molecule has 1 saturated heterocycles. The molecule has 152 valence electrons. The van der Waals surface area contributed by atoms with Crippen LogP contribution >= 0.6 is 0 Å². The van der Waals surface area contributed by atoms with E-state index in [0.29, 0.717) is 37.4 Å². The number of morpholine rings is 1. The van der Waals surface area contributed by atoms with E-state index in [1.54, 1.807) is 20.0 Å². The largest absolute Gasteiger partial charge is 0.378 e. The van der Waals surface area contributed by atoms with Crippen molar-refractivity contribution in [3.8, 4) is 6.07 Å². The highest BCUT2D eigenvalue weighted by atomic mass is 16.5. The van der Waals surface area contributed by atoms with Crippen LogP contribution in [0.3, 0.4) is 0 Å². The van der Waals surface area contributed by atoms with Gasteiger partial charge in [0.1, 0.15) is 17.5 Å². The fourth-order valence-corrected chi connectivity index (χ4v) is 3.45. The summed E-state index contributed by atoms with van der Waals surface area (Å²) in [6.45, 7) is 7.02. The zero-order valence-corrected chi connectivity index (χ0v) is 16.7. The summed E-state index contributed by atoms with van der Waals surface area (Å²) in [5.74, 6) is 0.825. The molecule has 0 unspecified atom stereocenters. The average molecular weight is 395 g/mol. The Hall–Kier alpha value is -3.18. The van der Waals surface area contributed by atoms with Gasteiger partial charge in [-0.05, 0) is 43.0 Å². The maximum Gasteiger partial charge on any atom is 0.266 e. The van der Waals surface area contributed by atoms with Gasteiger partial charge in [-0.2, -0.15) is 5.26 Å². The summed E-state index contributed by atoms with van der Waals surface area (Å²) in [6.07, 6.45) is 2.52. The molecular weight excluding hydrogens is 370 g/mol. The van der Waals surface area contributed by atoms with E-state index in [0.717, 1.165) is 30.0 Å². The maximum absolute atomic E-state index is 12.3. The molecule has 1 amide bonds. The second-order valence-corrected chi connectivity index (χ2v) is 7.07. The van der Waals surface area contributed by atoms with Gasteiger partial charge in [-0.1, -0.05) is 6.07 Å². The summed E-state index contributed by atoms with van der Waals surface area (Å²) < 4.78 is 5.35. The number of nitriles is 1. The Morgan fingerprint density at radius 3 is 2.76 bits per heavy atom. The number of hydrogen-bond acceptors (Lipinski definition) is 6. The summed E-state index contributed by atoms with van der Waals surface area (Å²) >= 11 is 0. The van der Waals surface area contributed by atoms with E-state index in [1.807, 2.05) is 18.2 Å². The summed E-state index contributed by atoms with van der Waals surface area (Å²) in [5, 5.41) is 12.0. The van der Waals surface area contributed by atoms with Gasteiger partial charge in [0.15, 0.2) is 0 Å². The summed E-state index contributed by atoms with van der Waals surface area (Å²) in [5.41, 5.74) is 2.83. The Morgan fingerprint density at radius 2 is 2.10 bits per heavy atom. The summed E-state index contributed by atoms with van der Waals surface area (Å²) in [7, 11) is 0. The second-order valence-electron chi connectivity index (χ2n) is 7.07. The van der Waals surface area contributed by atoms with Gasteiger partial charge in [0.2, 0.25) is 5.91 Å². The van der Waals surface area contributed by atoms with Gasteiger partial charge >= 0.3 is 0 Å². The van der Waals surface area contributed by atoms with Crippen LogP contribution in [0.4, 0.5) is 5.82 Å². The van der Waals surface area contributed by atoms with Crippen molar-refractivity contribution in [3.05, 3.63) is 56.6 Å². The Morgan fingerprint density at radius 1 is 1.34 bits per heavy atom. The second kappa shape index (κ2) is 9.34. The van der Waals surface area contributed by atoms with Crippen LogP contribution in [-0.2, 0) is 22.5 Å². The standard InChI is InChI=1S/C21H25N5O3/c1-14-17(15(2)25-21(28)18(14)11-22)4-6-20(27)24-13-16-3-5-19(23-12-16)26-7-9-29-10-8-26/h3,5,12H,4,6-10,13H2,1-2H3,(H,24,27)(H,25,28). The normalized spacial score (nSPS) is 13.8. The molecule has 3 heterocycles. The van der Waals surface area contributed by atoms with Gasteiger partial charge in [-0.15, -0.1) is 0 Å². The SMILES string of the molecule is Cc1[nH]c(=O)c(C#N)c(C)c1CCC(=O)NCc1ccc(N2CCOCC2)nc1. The molecular formula is C21H25N5O3. The number of nitrogens with one attached hydrogen (secondary N) is 2. The molecule has 1 fully saturated rings. The fraction of sp³-hybridized carbons (Fsp3) is 0.429. The smallest absolute Gasteiger partial charge is 0.266 e. The van der Waals surface area contributed by atoms with Crippen LogP contribution < -0.4 is 15.8 Å². The quantitative estimate of drug-likeness (QED) is 0.764. The van der Waals surface area contributed by atoms with Crippen molar-refractivity contribution in [1.29, 1.82) is 5.26 Å². The van der Waals surface area contributed by atoms with E-state index in [2.05, 4.69) is 20.2 Å². The first-order valence-electron chi connectivity index (χ1n) is 9.66. The van der Waals surface area contributed by atoms with Crippen molar-refractivity contribution in [2.75, 3.05) is 31.2 Å². The minimum absolute atomic E-state index is 0.0919. The lowest BCUT2D eigenvalue weighted by Crippen LogP contribution is -2.36. The first-order chi connectivity index (χ1) is 14.0. The predicted octanol–water partition coefficient (Wildman–Crippen LogP) is 1.34. The van der Waals surface area contributed by atoms with E-state index in [9.17, 15) is 9.59 Å². The highest BCUT2D eigenvalue weighted by Gasteiger charge is 2.14. The van der Waals surface area contributed by atoms with Crippen LogP contribution in [-0.4, -0.2) is 42.2 Å². The summed E-state index contributed by atoms with van der Waals surface area (Å²) in [6, 6.07) is 5.86. The summed E-state index contributed by atoms with van der Waals surface area (Å²) in [4.78, 5) is 33.4. The number of carbonyl (C=O) groups excluding carboxylic acids is 1. The molecule has 0 atom stereocenters. The predicted molar refractivity (Wildman–Crippen MR) is 109 cm³/mol. The monoisotopic (exact) mass is 395 g/mol. The highest BCUT2D eigenvalue weighted by molar-refractivity contribution is 5.76. The molecule has 0 aromatic carbocycles. The molecule has 3 rings (SSSR count). The van der Waals surface area contributed by atoms with Crippen LogP contribution in [0.5, 0.6) is 0 Å². The molecule has 0 saturated carbocycles. The van der Waals surface area contributed by atoms with Gasteiger partial charge in [-0.25, -0.2) is 4.98 Å². The van der Waals surface area contributed by atoms with E-state index in [1.165, 1.54) is 0 Å². The van der Waals surface area contributed by atoms with Crippen LogP contribution in [0.1, 0.15) is 34.4 Å². The minimum Gasteiger partial charge on any atom is -0.378 e. The van der Waals surface area contributed by atoms with Gasteiger partial charge in [0, 0.05) is 37.9 Å². The number of aryl methyl sites for hydroxylation is 1. The molecule has 2 N–H and O–H groups in total. The van der Waals surface area contributed by atoms with Crippen molar-refractivity contribution in [1.82, 2.24) is 15.3 Å². The number of amides is 1. The van der Waals surface area contributed by atoms with Crippen LogP contribution in [0, 0.1) is 25.2 Å². The van der Waals surface area contributed by atoms with Gasteiger partial charge < -0.3 is 19.9 Å².